The van der Waals surface area contributed by atoms with Crippen LogP contribution >= 0.6 is 12.2 Å². The van der Waals surface area contributed by atoms with Crippen LogP contribution in [0.25, 0.3) is 22.6 Å². The number of nitrogens with one attached hydrogen (secondary N) is 2. The van der Waals surface area contributed by atoms with E-state index in [0.717, 1.165) is 19.1 Å². The Morgan fingerprint density at radius 1 is 1.06 bits per heavy atom. The Morgan fingerprint density at radius 3 is 2.39 bits per heavy atom. The smallest absolute Gasteiger partial charge is 0.263 e. The number of anilines is 1. The molecule has 0 unspecified atom stereocenters. The third-order valence-electron chi connectivity index (χ3n) is 5.47. The maximum atomic E-state index is 14.3. The van der Waals surface area contributed by atoms with Crippen molar-refractivity contribution in [3.05, 3.63) is 76.4 Å². The van der Waals surface area contributed by atoms with Gasteiger partial charge in [-0.25, -0.2) is 13.8 Å². The number of carbonyl (C=O) groups excluding carboxylic acids is 1. The lowest BCUT2D eigenvalue weighted by atomic mass is 10.1. The van der Waals surface area contributed by atoms with Gasteiger partial charge in [-0.05, 0) is 61.0 Å². The molecule has 1 amide bonds. The van der Waals surface area contributed by atoms with Crippen molar-refractivity contribution in [1.82, 2.24) is 10.3 Å². The minimum absolute atomic E-state index is 0.351. The summed E-state index contributed by atoms with van der Waals surface area (Å²) >= 11 is 5.07. The van der Waals surface area contributed by atoms with Crippen LogP contribution in [-0.2, 0) is 6.42 Å². The van der Waals surface area contributed by atoms with Gasteiger partial charge in [0.1, 0.15) is 11.1 Å². The van der Waals surface area contributed by atoms with Crippen molar-refractivity contribution >= 4 is 40.0 Å². The minimum Gasteiger partial charge on any atom is -0.491 e. The summed E-state index contributed by atoms with van der Waals surface area (Å²) in [5, 5.41) is 4.40. The first kappa shape index (κ1) is 25.1. The predicted octanol–water partition coefficient (Wildman–Crippen LogP) is 6.06. The first-order chi connectivity index (χ1) is 17.1. The van der Waals surface area contributed by atoms with E-state index in [-0.39, 0.29) is 5.11 Å². The molecule has 6 nitrogen and oxygen atoms in total. The number of carbonyl (C=O) groups is 1. The molecular formula is C25H19F4N3O3S. The van der Waals surface area contributed by atoms with E-state index in [0.29, 0.717) is 33.8 Å². The summed E-state index contributed by atoms with van der Waals surface area (Å²) in [7, 11) is 0.832. The number of nitrogens with zero attached hydrogens (tertiary/aromatic N) is 1. The summed E-state index contributed by atoms with van der Waals surface area (Å²) in [5.74, 6) is -9.91. The van der Waals surface area contributed by atoms with Crippen LogP contribution in [0.4, 0.5) is 23.2 Å². The molecule has 1 aromatic heterocycles. The maximum Gasteiger partial charge on any atom is 0.263 e. The van der Waals surface area contributed by atoms with Crippen LogP contribution in [0.15, 0.2) is 40.8 Å². The van der Waals surface area contributed by atoms with Gasteiger partial charge in [-0.2, -0.15) is 8.78 Å². The van der Waals surface area contributed by atoms with Gasteiger partial charge in [0.2, 0.25) is 17.5 Å². The highest BCUT2D eigenvalue weighted by molar-refractivity contribution is 7.80. The van der Waals surface area contributed by atoms with Crippen molar-refractivity contribution in [2.75, 3.05) is 12.4 Å². The fraction of sp³-hybridized carbons (Fsp3) is 0.160. The van der Waals surface area contributed by atoms with Crippen LogP contribution in [0.3, 0.4) is 0 Å². The maximum absolute atomic E-state index is 14.3. The average molecular weight is 518 g/mol. The molecule has 0 saturated heterocycles. The molecule has 4 rings (SSSR count). The number of methoxy groups -OCH3 is 1. The highest BCUT2D eigenvalue weighted by Gasteiger charge is 2.30. The Labute approximate surface area is 208 Å². The van der Waals surface area contributed by atoms with Gasteiger partial charge in [0.25, 0.3) is 5.91 Å². The van der Waals surface area contributed by atoms with Gasteiger partial charge in [-0.15, -0.1) is 0 Å². The molecule has 36 heavy (non-hydrogen) atoms. The zero-order valence-electron chi connectivity index (χ0n) is 19.3. The molecule has 0 bridgehead atoms. The lowest BCUT2D eigenvalue weighted by Crippen LogP contribution is -2.35. The first-order valence-corrected chi connectivity index (χ1v) is 11.1. The highest BCUT2D eigenvalue weighted by atomic mass is 32.1. The number of aryl methyl sites for hydroxylation is 2. The molecule has 0 fully saturated rings. The van der Waals surface area contributed by atoms with Gasteiger partial charge in [0.05, 0.1) is 7.11 Å². The molecule has 1 heterocycles. The van der Waals surface area contributed by atoms with E-state index in [4.69, 9.17) is 16.6 Å². The van der Waals surface area contributed by atoms with Crippen LogP contribution in [0.2, 0.25) is 0 Å². The molecule has 0 aliphatic rings. The molecule has 3 aromatic carbocycles. The molecule has 0 aliphatic carbocycles. The average Bonchev–Trinajstić information content (AvgIpc) is 3.28. The fourth-order valence-electron chi connectivity index (χ4n) is 3.52. The van der Waals surface area contributed by atoms with Crippen molar-refractivity contribution in [3.63, 3.8) is 0 Å². The summed E-state index contributed by atoms with van der Waals surface area (Å²) in [6.07, 6.45) is 0.851. The Morgan fingerprint density at radius 2 is 1.75 bits per heavy atom. The number of amides is 1. The lowest BCUT2D eigenvalue weighted by Gasteiger charge is -2.14. The fourth-order valence-corrected chi connectivity index (χ4v) is 3.72. The van der Waals surface area contributed by atoms with Crippen LogP contribution in [0.5, 0.6) is 5.75 Å². The van der Waals surface area contributed by atoms with Crippen LogP contribution in [0, 0.1) is 30.2 Å². The number of benzene rings is 3. The Hall–Kier alpha value is -3.99. The summed E-state index contributed by atoms with van der Waals surface area (Å²) in [6, 6.07) is 10.9. The van der Waals surface area contributed by atoms with E-state index < -0.39 is 40.5 Å². The van der Waals surface area contributed by atoms with Gasteiger partial charge >= 0.3 is 0 Å². The van der Waals surface area contributed by atoms with E-state index in [1.807, 2.05) is 30.4 Å². The normalized spacial score (nSPS) is 11.0. The Kier molecular flexibility index (Phi) is 6.93. The van der Waals surface area contributed by atoms with Gasteiger partial charge < -0.3 is 14.5 Å². The van der Waals surface area contributed by atoms with Crippen molar-refractivity contribution in [3.8, 4) is 17.2 Å². The molecule has 0 aliphatic heterocycles. The monoisotopic (exact) mass is 517 g/mol. The van der Waals surface area contributed by atoms with E-state index in [9.17, 15) is 22.4 Å². The number of ether oxygens (including phenoxy) is 1. The third-order valence-corrected chi connectivity index (χ3v) is 5.68. The molecule has 0 saturated carbocycles. The number of thiocarbonyl (C=S) groups is 1. The second kappa shape index (κ2) is 9.94. The number of hydrogen-bond donors (Lipinski definition) is 2. The van der Waals surface area contributed by atoms with Crippen LogP contribution < -0.4 is 15.4 Å². The number of hydrogen-bond acceptors (Lipinski definition) is 5. The second-order valence-corrected chi connectivity index (χ2v) is 8.19. The standard InChI is InChI=1S/C25H19F4N3O3S/c1-4-12-6-8-16-15(9-12)30-24(35-16)13-7-5-11(2)14(10-13)31-25(36)32-23(33)17-18(26)20(28)22(34-3)21(29)19(17)27/h5-10H,4H2,1-3H3,(H2,31,32,33,36). The van der Waals surface area contributed by atoms with Gasteiger partial charge in [0.15, 0.2) is 28.1 Å². The first-order valence-electron chi connectivity index (χ1n) is 10.7. The van der Waals surface area contributed by atoms with E-state index in [1.165, 1.54) is 0 Å². The topological polar surface area (TPSA) is 76.4 Å². The number of oxazole rings is 1. The zero-order valence-corrected chi connectivity index (χ0v) is 20.1. The van der Waals surface area contributed by atoms with E-state index in [1.54, 1.807) is 25.1 Å². The molecule has 0 radical (unpaired) electrons. The molecule has 4 aromatic rings. The third kappa shape index (κ3) is 4.61. The molecule has 186 valence electrons. The number of rotatable bonds is 5. The summed E-state index contributed by atoms with van der Waals surface area (Å²) in [6.45, 7) is 3.79. The van der Waals surface area contributed by atoms with Crippen LogP contribution in [0.1, 0.15) is 28.4 Å². The molecule has 0 atom stereocenters. The summed E-state index contributed by atoms with van der Waals surface area (Å²) in [5.41, 5.74) is 2.69. The predicted molar refractivity (Wildman–Crippen MR) is 130 cm³/mol. The van der Waals surface area contributed by atoms with E-state index in [2.05, 4.69) is 15.0 Å². The summed E-state index contributed by atoms with van der Waals surface area (Å²) < 4.78 is 66.6. The van der Waals surface area contributed by atoms with Crippen LogP contribution in [-0.4, -0.2) is 23.1 Å². The molecule has 0 spiro atoms. The van der Waals surface area contributed by atoms with Crippen molar-refractivity contribution < 1.29 is 31.5 Å². The Balaban J connectivity index is 1.57. The quantitative estimate of drug-likeness (QED) is 0.191. The second-order valence-electron chi connectivity index (χ2n) is 7.78. The zero-order chi connectivity index (χ0) is 26.1. The molecule has 2 N–H and O–H groups in total. The number of aromatic nitrogens is 1. The van der Waals surface area contributed by atoms with Crippen molar-refractivity contribution in [2.45, 2.75) is 20.3 Å². The van der Waals surface area contributed by atoms with Gasteiger partial charge in [0, 0.05) is 11.3 Å². The minimum atomic E-state index is -1.91. The number of fused-ring (bicyclic) bond motifs is 1. The number of halogens is 4. The SMILES string of the molecule is CCc1ccc2oc(-c3ccc(C)c(NC(=S)NC(=O)c4c(F)c(F)c(OC)c(F)c4F)c3)nc2c1. The van der Waals surface area contributed by atoms with Crippen molar-refractivity contribution in [1.29, 1.82) is 0 Å². The lowest BCUT2D eigenvalue weighted by molar-refractivity contribution is 0.0966. The summed E-state index contributed by atoms with van der Waals surface area (Å²) in [4.78, 5) is 16.9. The highest BCUT2D eigenvalue weighted by Crippen LogP contribution is 2.30. The largest absolute Gasteiger partial charge is 0.491 e. The van der Waals surface area contributed by atoms with Gasteiger partial charge in [-0.3, -0.25) is 10.1 Å². The van der Waals surface area contributed by atoms with Crippen molar-refractivity contribution in [2.24, 2.45) is 0 Å². The Bertz CT molecular complexity index is 1490. The molecular weight excluding hydrogens is 498 g/mol. The molecule has 11 heteroatoms. The van der Waals surface area contributed by atoms with Gasteiger partial charge in [-0.1, -0.05) is 19.1 Å². The van der Waals surface area contributed by atoms with E-state index >= 15 is 0 Å².